The van der Waals surface area contributed by atoms with E-state index in [1.165, 1.54) is 0 Å². The molecule has 0 atom stereocenters. The van der Waals surface area contributed by atoms with Gasteiger partial charge in [0.25, 0.3) is 0 Å². The van der Waals surface area contributed by atoms with Crippen molar-refractivity contribution in [2.75, 3.05) is 77.1 Å². The molecule has 2 aromatic heterocycles. The summed E-state index contributed by atoms with van der Waals surface area (Å²) in [5.74, 6) is -2.18. The number of benzene rings is 1. The fourth-order valence-corrected chi connectivity index (χ4v) is 7.99. The summed E-state index contributed by atoms with van der Waals surface area (Å²) in [6.45, 7) is 6.54. The van der Waals surface area contributed by atoms with E-state index < -0.39 is 23.1 Å². The van der Waals surface area contributed by atoms with Crippen LogP contribution in [0.1, 0.15) is 57.4 Å². The summed E-state index contributed by atoms with van der Waals surface area (Å²) in [5.41, 5.74) is 0.440. The van der Waals surface area contributed by atoms with E-state index in [-0.39, 0.29) is 41.7 Å². The molecule has 0 unspecified atom stereocenters. The number of halogens is 3. The predicted molar refractivity (Wildman–Crippen MR) is 183 cm³/mol. The lowest BCUT2D eigenvalue weighted by Gasteiger charge is -2.37. The molecular weight excluding hydrogens is 649 g/mol. The van der Waals surface area contributed by atoms with E-state index in [4.69, 9.17) is 4.98 Å². The maximum absolute atomic E-state index is 14.8. The highest BCUT2D eigenvalue weighted by molar-refractivity contribution is 5.80. The third-order valence-electron chi connectivity index (χ3n) is 11.1. The highest BCUT2D eigenvalue weighted by Crippen LogP contribution is 2.38. The second-order valence-corrected chi connectivity index (χ2v) is 14.5. The van der Waals surface area contributed by atoms with Crippen LogP contribution in [0, 0.1) is 29.3 Å². The van der Waals surface area contributed by atoms with Gasteiger partial charge in [-0.15, -0.1) is 0 Å². The first-order valence-corrected chi connectivity index (χ1v) is 18.0. The minimum absolute atomic E-state index is 0.0282. The summed E-state index contributed by atoms with van der Waals surface area (Å²) in [6, 6.07) is 1.20. The predicted octanol–water partition coefficient (Wildman–Crippen LogP) is 4.24. The Morgan fingerprint density at radius 3 is 1.78 bits per heavy atom. The first kappa shape index (κ1) is 34.5. The molecule has 7 rings (SSSR count). The first-order valence-electron chi connectivity index (χ1n) is 18.0. The lowest BCUT2D eigenvalue weighted by Crippen LogP contribution is -2.49. The van der Waals surface area contributed by atoms with Gasteiger partial charge in [0.15, 0.2) is 17.3 Å². The number of rotatable bonds is 7. The van der Waals surface area contributed by atoms with Gasteiger partial charge in [0.05, 0.1) is 6.20 Å². The molecule has 2 saturated carbocycles. The normalized spacial score (nSPS) is 25.5. The highest BCUT2D eigenvalue weighted by atomic mass is 19.1. The minimum Gasteiger partial charge on any atom is -0.351 e. The number of amides is 2. The van der Waals surface area contributed by atoms with Crippen molar-refractivity contribution in [3.8, 4) is 0 Å². The van der Waals surface area contributed by atoms with Gasteiger partial charge in [0.1, 0.15) is 17.0 Å². The van der Waals surface area contributed by atoms with Crippen LogP contribution in [-0.4, -0.2) is 123 Å². The van der Waals surface area contributed by atoms with Gasteiger partial charge in [-0.05, 0) is 65.5 Å². The quantitative estimate of drug-likeness (QED) is 0.375. The smallest absolute Gasteiger partial charge is 0.225 e. The van der Waals surface area contributed by atoms with Gasteiger partial charge >= 0.3 is 0 Å². The third-order valence-corrected chi connectivity index (χ3v) is 11.1. The molecular formula is C35H47F3N10O2. The molecule has 0 radical (unpaired) electrons. The molecule has 4 heterocycles. The van der Waals surface area contributed by atoms with Gasteiger partial charge in [0.2, 0.25) is 23.7 Å². The molecule has 270 valence electrons. The Hall–Kier alpha value is -3.98. The molecule has 3 aromatic rings. The van der Waals surface area contributed by atoms with Gasteiger partial charge in [0, 0.05) is 88.4 Å². The topological polar surface area (TPSA) is 115 Å². The average molecular weight is 697 g/mol. The molecule has 4 fully saturated rings. The van der Waals surface area contributed by atoms with Crippen LogP contribution >= 0.6 is 0 Å². The van der Waals surface area contributed by atoms with Crippen LogP contribution in [0.5, 0.6) is 0 Å². The molecule has 1 aromatic carbocycles. The number of fused-ring (bicyclic) bond motifs is 1. The maximum Gasteiger partial charge on any atom is 0.225 e. The second kappa shape index (κ2) is 14.7. The Balaban J connectivity index is 1.08. The van der Waals surface area contributed by atoms with Gasteiger partial charge in [-0.1, -0.05) is 0 Å². The zero-order chi connectivity index (χ0) is 34.9. The van der Waals surface area contributed by atoms with Crippen molar-refractivity contribution in [2.45, 2.75) is 63.5 Å². The zero-order valence-corrected chi connectivity index (χ0v) is 28.9. The van der Waals surface area contributed by atoms with Crippen LogP contribution in [0.4, 0.5) is 30.8 Å². The van der Waals surface area contributed by atoms with Crippen molar-refractivity contribution >= 4 is 40.6 Å². The molecule has 15 heteroatoms. The molecule has 2 saturated heterocycles. The van der Waals surface area contributed by atoms with Crippen LogP contribution in [0.15, 0.2) is 18.3 Å². The Kier molecular flexibility index (Phi) is 10.1. The number of piperazine rings is 2. The Morgan fingerprint density at radius 1 is 0.720 bits per heavy atom. The minimum atomic E-state index is -1.07. The highest BCUT2D eigenvalue weighted by Gasteiger charge is 2.34. The summed E-state index contributed by atoms with van der Waals surface area (Å²) < 4.78 is 45.2. The number of carbonyl (C=O) groups is 2. The molecule has 4 aliphatic rings. The van der Waals surface area contributed by atoms with Crippen molar-refractivity contribution in [1.82, 2.24) is 39.1 Å². The number of nitrogens with zero attached hydrogens (tertiary/aromatic N) is 8. The van der Waals surface area contributed by atoms with Crippen molar-refractivity contribution in [1.29, 1.82) is 0 Å². The van der Waals surface area contributed by atoms with E-state index in [0.717, 1.165) is 78.0 Å². The van der Waals surface area contributed by atoms with Crippen LogP contribution in [0.3, 0.4) is 0 Å². The Morgan fingerprint density at radius 2 is 1.24 bits per heavy atom. The third kappa shape index (κ3) is 7.39. The maximum atomic E-state index is 14.8. The van der Waals surface area contributed by atoms with E-state index in [1.807, 2.05) is 14.4 Å². The standard InChI is InChI=1S/C35H47F3N10O2/c1-44-11-15-46(16-12-44)32(49)22-3-7-25(8-4-22)40-34-39-21-29-31(43-34)48(35(41-29)42-30-27(37)19-24(36)20-28(30)38)26-9-5-23(6-10-26)33(50)47-17-13-45(2)14-18-47/h19-23,25-26H,3-18H2,1-2H3,(H,41,42)(H,39,40,43)/t22-,23-,25-,26+. The largest absolute Gasteiger partial charge is 0.351 e. The number of aromatic nitrogens is 4. The first-order chi connectivity index (χ1) is 24.1. The molecule has 2 amide bonds. The number of hydrogen-bond donors (Lipinski definition) is 2. The van der Waals surface area contributed by atoms with Gasteiger partial charge in [-0.2, -0.15) is 4.98 Å². The van der Waals surface area contributed by atoms with E-state index in [9.17, 15) is 22.8 Å². The van der Waals surface area contributed by atoms with Crippen molar-refractivity contribution in [3.05, 3.63) is 35.8 Å². The molecule has 2 aliphatic carbocycles. The lowest BCUT2D eigenvalue weighted by atomic mass is 9.85. The van der Waals surface area contributed by atoms with Crippen LogP contribution < -0.4 is 10.6 Å². The van der Waals surface area contributed by atoms with Crippen molar-refractivity contribution in [2.24, 2.45) is 11.8 Å². The van der Waals surface area contributed by atoms with Crippen molar-refractivity contribution < 1.29 is 22.8 Å². The number of likely N-dealkylation sites (N-methyl/N-ethyl adjacent to an activating group) is 2. The number of anilines is 3. The monoisotopic (exact) mass is 696 g/mol. The van der Waals surface area contributed by atoms with Crippen LogP contribution in [0.25, 0.3) is 11.2 Å². The summed E-state index contributed by atoms with van der Waals surface area (Å²) in [4.78, 5) is 49.0. The summed E-state index contributed by atoms with van der Waals surface area (Å²) in [5, 5.41) is 6.25. The van der Waals surface area contributed by atoms with Crippen molar-refractivity contribution in [3.63, 3.8) is 0 Å². The van der Waals surface area contributed by atoms with E-state index >= 15 is 0 Å². The summed E-state index contributed by atoms with van der Waals surface area (Å²) in [7, 11) is 4.14. The number of imidazole rings is 1. The molecule has 50 heavy (non-hydrogen) atoms. The van der Waals surface area contributed by atoms with Gasteiger partial charge in [-0.3, -0.25) is 14.2 Å². The van der Waals surface area contributed by atoms with Crippen LogP contribution in [-0.2, 0) is 9.59 Å². The number of carbonyl (C=O) groups excluding carboxylic acids is 2. The van der Waals surface area contributed by atoms with Crippen LogP contribution in [0.2, 0.25) is 0 Å². The van der Waals surface area contributed by atoms with E-state index in [0.29, 0.717) is 54.9 Å². The van der Waals surface area contributed by atoms with E-state index in [1.54, 1.807) is 6.20 Å². The fraction of sp³-hybridized carbons (Fsp3) is 0.629. The molecule has 0 spiro atoms. The number of hydrogen-bond acceptors (Lipinski definition) is 9. The van der Waals surface area contributed by atoms with E-state index in [2.05, 4.69) is 44.5 Å². The second-order valence-electron chi connectivity index (χ2n) is 14.5. The lowest BCUT2D eigenvalue weighted by molar-refractivity contribution is -0.139. The van der Waals surface area contributed by atoms with Gasteiger partial charge in [-0.25, -0.2) is 23.1 Å². The number of nitrogens with one attached hydrogen (secondary N) is 2. The summed E-state index contributed by atoms with van der Waals surface area (Å²) in [6.07, 6.45) is 7.44. The molecule has 2 N–H and O–H groups in total. The molecule has 2 aliphatic heterocycles. The Labute approximate surface area is 290 Å². The van der Waals surface area contributed by atoms with Gasteiger partial charge < -0.3 is 30.2 Å². The Bertz CT molecular complexity index is 1670. The average Bonchev–Trinajstić information content (AvgIpc) is 3.47. The molecule has 0 bridgehead atoms. The fourth-order valence-electron chi connectivity index (χ4n) is 7.99. The SMILES string of the molecule is CN1CCN(C(=O)[C@H]2CC[C@H](Nc3ncc4nc(Nc5c(F)cc(F)cc5F)n([C@H]5CC[C@@H](C(=O)N6CCN(C)CC6)CC5)c4n3)CC2)CC1. The summed E-state index contributed by atoms with van der Waals surface area (Å²) >= 11 is 0. The molecule has 12 nitrogen and oxygen atoms in total. The zero-order valence-electron chi connectivity index (χ0n) is 28.9.